The van der Waals surface area contributed by atoms with Crippen molar-refractivity contribution < 1.29 is 9.90 Å². The van der Waals surface area contributed by atoms with Crippen molar-refractivity contribution in [2.75, 3.05) is 13.1 Å². The van der Waals surface area contributed by atoms with Crippen LogP contribution in [0.15, 0.2) is 36.5 Å². The topological polar surface area (TPSA) is 86.5 Å². The van der Waals surface area contributed by atoms with Gasteiger partial charge in [0.1, 0.15) is 5.82 Å². The molecule has 2 N–H and O–H groups in total. The lowest BCUT2D eigenvalue weighted by molar-refractivity contribution is -0.134. The number of benzene rings is 1. The first kappa shape index (κ1) is 22.6. The van der Waals surface area contributed by atoms with Crippen LogP contribution in [0.4, 0.5) is 0 Å². The number of piperidine rings is 1. The van der Waals surface area contributed by atoms with Crippen LogP contribution < -0.4 is 0 Å². The molecular weight excluding hydrogens is 426 g/mol. The van der Waals surface area contributed by atoms with Crippen molar-refractivity contribution in [1.29, 1.82) is 0 Å². The largest absolute Gasteiger partial charge is 0.393 e. The van der Waals surface area contributed by atoms with E-state index in [1.165, 1.54) is 16.5 Å². The number of aromatic amines is 1. The van der Waals surface area contributed by atoms with E-state index < -0.39 is 6.10 Å². The zero-order chi connectivity index (χ0) is 24.0. The van der Waals surface area contributed by atoms with Gasteiger partial charge in [0.25, 0.3) is 0 Å². The van der Waals surface area contributed by atoms with Gasteiger partial charge >= 0.3 is 0 Å². The molecule has 7 heteroatoms. The highest BCUT2D eigenvalue weighted by molar-refractivity contribution is 5.92. The molecule has 7 nitrogen and oxygen atoms in total. The molecule has 5 rings (SSSR count). The van der Waals surface area contributed by atoms with E-state index in [1.807, 2.05) is 22.5 Å². The van der Waals surface area contributed by atoms with Crippen LogP contribution in [0.2, 0.25) is 0 Å². The summed E-state index contributed by atoms with van der Waals surface area (Å²) in [6.07, 6.45) is 3.50. The van der Waals surface area contributed by atoms with Gasteiger partial charge in [0.15, 0.2) is 5.65 Å². The van der Waals surface area contributed by atoms with Gasteiger partial charge in [0.2, 0.25) is 5.91 Å². The maximum Gasteiger partial charge on any atom is 0.225 e. The summed E-state index contributed by atoms with van der Waals surface area (Å²) in [5.74, 6) is 1.62. The first-order chi connectivity index (χ1) is 16.3. The highest BCUT2D eigenvalue weighted by Gasteiger charge is 2.25. The van der Waals surface area contributed by atoms with Crippen molar-refractivity contribution in [1.82, 2.24) is 24.5 Å². The monoisotopic (exact) mass is 459 g/mol. The van der Waals surface area contributed by atoms with Crippen LogP contribution in [0.1, 0.15) is 68.8 Å². The number of nitrogens with one attached hydrogen (secondary N) is 1. The first-order valence-corrected chi connectivity index (χ1v) is 12.2. The zero-order valence-corrected chi connectivity index (χ0v) is 20.4. The minimum atomic E-state index is -0.584. The zero-order valence-electron chi connectivity index (χ0n) is 20.4. The van der Waals surface area contributed by atoms with E-state index in [-0.39, 0.29) is 12.3 Å². The molecule has 34 heavy (non-hydrogen) atoms. The van der Waals surface area contributed by atoms with Crippen molar-refractivity contribution in [2.24, 2.45) is 0 Å². The normalized spacial score (nSPS) is 16.1. The molecule has 0 saturated carbocycles. The molecule has 1 saturated heterocycles. The Balaban J connectivity index is 1.45. The number of rotatable bonds is 5. The standard InChI is InChI=1S/C27H33N5O2/c1-16(2)26-22-14-20(19-7-10-31(11-8-19)25(34)13-17(3)33)5-6-23(22)29-27(26)21-9-12-32-24(15-21)28-18(4)30-32/h5-6,9,12,14-17,19,29,33H,7-8,10-11,13H2,1-4H3/t17-/m0/s1. The van der Waals surface area contributed by atoms with Crippen LogP contribution in [-0.4, -0.2) is 54.7 Å². The summed E-state index contributed by atoms with van der Waals surface area (Å²) >= 11 is 0. The lowest BCUT2D eigenvalue weighted by Gasteiger charge is -2.32. The summed E-state index contributed by atoms with van der Waals surface area (Å²) < 4.78 is 1.81. The van der Waals surface area contributed by atoms with Gasteiger partial charge in [-0.2, -0.15) is 5.10 Å². The van der Waals surface area contributed by atoms with Gasteiger partial charge < -0.3 is 15.0 Å². The Morgan fingerprint density at radius 2 is 1.94 bits per heavy atom. The van der Waals surface area contributed by atoms with E-state index >= 15 is 0 Å². The number of amides is 1. The molecule has 0 unspecified atom stereocenters. The SMILES string of the molecule is Cc1nc2cc(-c3[nH]c4ccc(C5CCN(C(=O)C[C@H](C)O)CC5)cc4c3C(C)C)ccn2n1. The number of fused-ring (bicyclic) bond motifs is 2. The van der Waals surface area contributed by atoms with E-state index in [9.17, 15) is 9.90 Å². The molecule has 0 bridgehead atoms. The average molecular weight is 460 g/mol. The predicted octanol–water partition coefficient (Wildman–Crippen LogP) is 4.79. The van der Waals surface area contributed by atoms with Gasteiger partial charge in [-0.15, -0.1) is 0 Å². The van der Waals surface area contributed by atoms with Gasteiger partial charge in [0, 0.05) is 35.8 Å². The predicted molar refractivity (Wildman–Crippen MR) is 134 cm³/mol. The summed E-state index contributed by atoms with van der Waals surface area (Å²) in [7, 11) is 0. The molecule has 3 aromatic heterocycles. The number of hydrogen-bond acceptors (Lipinski definition) is 4. The molecule has 1 fully saturated rings. The second-order valence-electron chi connectivity index (χ2n) is 9.96. The number of pyridine rings is 1. The van der Waals surface area contributed by atoms with Crippen LogP contribution in [0, 0.1) is 6.92 Å². The van der Waals surface area contributed by atoms with Crippen molar-refractivity contribution in [2.45, 2.75) is 64.9 Å². The van der Waals surface area contributed by atoms with Gasteiger partial charge in [-0.3, -0.25) is 4.79 Å². The molecule has 4 heterocycles. The Hall–Kier alpha value is -3.19. The number of H-pyrrole nitrogens is 1. The number of hydrogen-bond donors (Lipinski definition) is 2. The average Bonchev–Trinajstić information content (AvgIpc) is 3.37. The van der Waals surface area contributed by atoms with Crippen LogP contribution in [0.5, 0.6) is 0 Å². The maximum absolute atomic E-state index is 12.3. The second kappa shape index (κ2) is 8.87. The Bertz CT molecular complexity index is 1340. The lowest BCUT2D eigenvalue weighted by Crippen LogP contribution is -2.39. The van der Waals surface area contributed by atoms with Crippen LogP contribution >= 0.6 is 0 Å². The van der Waals surface area contributed by atoms with Gasteiger partial charge in [-0.25, -0.2) is 9.50 Å². The summed E-state index contributed by atoms with van der Waals surface area (Å²) in [4.78, 5) is 22.4. The maximum atomic E-state index is 12.3. The molecule has 1 aliphatic heterocycles. The third-order valence-corrected chi connectivity index (χ3v) is 6.96. The Labute approximate surface area is 199 Å². The molecule has 0 spiro atoms. The van der Waals surface area contributed by atoms with E-state index in [2.05, 4.69) is 59.2 Å². The quantitative estimate of drug-likeness (QED) is 0.449. The molecule has 1 aromatic carbocycles. The van der Waals surface area contributed by atoms with E-state index in [0.717, 1.165) is 54.2 Å². The number of aliphatic hydroxyl groups is 1. The molecule has 4 aromatic rings. The van der Waals surface area contributed by atoms with Crippen molar-refractivity contribution in [3.63, 3.8) is 0 Å². The number of carbonyl (C=O) groups excluding carboxylic acids is 1. The fraction of sp³-hybridized carbons (Fsp3) is 0.444. The van der Waals surface area contributed by atoms with E-state index in [1.54, 1.807) is 6.92 Å². The first-order valence-electron chi connectivity index (χ1n) is 12.2. The van der Waals surface area contributed by atoms with Crippen molar-refractivity contribution >= 4 is 22.5 Å². The third-order valence-electron chi connectivity index (χ3n) is 6.96. The van der Waals surface area contributed by atoms with Crippen LogP contribution in [-0.2, 0) is 4.79 Å². The molecular formula is C27H33N5O2. The molecule has 1 amide bonds. The molecule has 1 atom stereocenters. The number of nitrogens with zero attached hydrogens (tertiary/aromatic N) is 4. The highest BCUT2D eigenvalue weighted by atomic mass is 16.3. The third kappa shape index (κ3) is 4.20. The van der Waals surface area contributed by atoms with Crippen molar-refractivity contribution in [3.8, 4) is 11.3 Å². The number of likely N-dealkylation sites (tertiary alicyclic amines) is 1. The minimum Gasteiger partial charge on any atom is -0.393 e. The lowest BCUT2D eigenvalue weighted by atomic mass is 9.87. The number of aryl methyl sites for hydroxylation is 1. The smallest absolute Gasteiger partial charge is 0.225 e. The fourth-order valence-electron chi connectivity index (χ4n) is 5.30. The van der Waals surface area contributed by atoms with Crippen LogP contribution in [0.25, 0.3) is 27.8 Å². The molecule has 0 aliphatic carbocycles. The fourth-order valence-corrected chi connectivity index (χ4v) is 5.30. The van der Waals surface area contributed by atoms with E-state index in [4.69, 9.17) is 0 Å². The van der Waals surface area contributed by atoms with Gasteiger partial charge in [0.05, 0.1) is 18.2 Å². The number of aromatic nitrogens is 4. The molecule has 1 aliphatic rings. The van der Waals surface area contributed by atoms with Gasteiger partial charge in [-0.05, 0) is 73.9 Å². The summed E-state index contributed by atoms with van der Waals surface area (Å²) in [5, 5.41) is 15.2. The number of aliphatic hydroxyl groups excluding tert-OH is 1. The Morgan fingerprint density at radius 3 is 2.65 bits per heavy atom. The molecule has 0 radical (unpaired) electrons. The molecule has 178 valence electrons. The highest BCUT2D eigenvalue weighted by Crippen LogP contribution is 2.38. The van der Waals surface area contributed by atoms with Gasteiger partial charge in [-0.1, -0.05) is 19.9 Å². The second-order valence-corrected chi connectivity index (χ2v) is 9.96. The Kier molecular flexibility index (Phi) is 5.90. The number of carbonyl (C=O) groups is 1. The summed E-state index contributed by atoms with van der Waals surface area (Å²) in [6.45, 7) is 9.56. The minimum absolute atomic E-state index is 0.0566. The van der Waals surface area contributed by atoms with Crippen molar-refractivity contribution in [3.05, 3.63) is 53.5 Å². The van der Waals surface area contributed by atoms with Crippen LogP contribution in [0.3, 0.4) is 0 Å². The summed E-state index contributed by atoms with van der Waals surface area (Å²) in [6, 6.07) is 11.0. The van der Waals surface area contributed by atoms with E-state index in [0.29, 0.717) is 11.8 Å². The summed E-state index contributed by atoms with van der Waals surface area (Å²) in [5.41, 5.74) is 6.91. The Morgan fingerprint density at radius 1 is 1.18 bits per heavy atom.